The molecular weight excluding hydrogens is 168 g/mol. The lowest BCUT2D eigenvalue weighted by molar-refractivity contribution is -0.123. The normalized spacial score (nSPS) is 15.5. The molecule has 0 aromatic heterocycles. The van der Waals surface area contributed by atoms with Crippen LogP contribution in [0.15, 0.2) is 0 Å². The predicted molar refractivity (Wildman–Crippen MR) is 52.1 cm³/mol. The maximum absolute atomic E-state index is 11.4. The minimum atomic E-state index is -0.457. The molecule has 0 aliphatic rings. The molecule has 0 spiro atoms. The molecule has 0 aromatic carbocycles. The minimum Gasteiger partial charge on any atom is -0.396 e. The molecule has 0 heterocycles. The number of amides is 1. The molecule has 0 aliphatic carbocycles. The van der Waals surface area contributed by atoms with E-state index in [0.717, 1.165) is 0 Å². The van der Waals surface area contributed by atoms with Gasteiger partial charge in [0, 0.05) is 12.6 Å². The van der Waals surface area contributed by atoms with E-state index in [2.05, 4.69) is 5.32 Å². The van der Waals surface area contributed by atoms with Crippen LogP contribution in [0.5, 0.6) is 0 Å². The molecule has 4 N–H and O–H groups in total. The fraction of sp³-hybridized carbons (Fsp3) is 0.889. The van der Waals surface area contributed by atoms with Crippen molar-refractivity contribution in [2.45, 2.75) is 39.3 Å². The second-order valence-electron chi connectivity index (χ2n) is 3.69. The van der Waals surface area contributed by atoms with Crippen LogP contribution in [0.1, 0.15) is 27.2 Å². The summed E-state index contributed by atoms with van der Waals surface area (Å²) in [5.41, 5.74) is 5.63. The highest BCUT2D eigenvalue weighted by Crippen LogP contribution is 1.99. The summed E-state index contributed by atoms with van der Waals surface area (Å²) in [4.78, 5) is 11.4. The summed E-state index contributed by atoms with van der Waals surface area (Å²) < 4.78 is 0. The summed E-state index contributed by atoms with van der Waals surface area (Å²) in [7, 11) is 0. The molecule has 4 nitrogen and oxygen atoms in total. The first-order chi connectivity index (χ1) is 5.99. The van der Waals surface area contributed by atoms with Crippen molar-refractivity contribution in [2.75, 3.05) is 6.61 Å². The van der Waals surface area contributed by atoms with Gasteiger partial charge in [-0.25, -0.2) is 0 Å². The molecule has 1 unspecified atom stereocenters. The number of aliphatic hydroxyl groups is 1. The smallest absolute Gasteiger partial charge is 0.237 e. The van der Waals surface area contributed by atoms with Crippen LogP contribution in [0.3, 0.4) is 0 Å². The first-order valence-corrected chi connectivity index (χ1v) is 4.65. The highest BCUT2D eigenvalue weighted by Gasteiger charge is 2.18. The topological polar surface area (TPSA) is 75.3 Å². The number of nitrogens with one attached hydrogen (secondary N) is 1. The number of carbonyl (C=O) groups excluding carboxylic acids is 1. The highest BCUT2D eigenvalue weighted by atomic mass is 16.3. The molecule has 0 rings (SSSR count). The lowest BCUT2D eigenvalue weighted by Crippen LogP contribution is -2.47. The van der Waals surface area contributed by atoms with E-state index < -0.39 is 6.04 Å². The van der Waals surface area contributed by atoms with E-state index in [1.54, 1.807) is 0 Å². The summed E-state index contributed by atoms with van der Waals surface area (Å²) in [6.45, 7) is 5.74. The SMILES string of the molecule is CC(CCO)NC(=O)[C@H](N)C(C)C. The van der Waals surface area contributed by atoms with E-state index >= 15 is 0 Å². The Hall–Kier alpha value is -0.610. The number of carbonyl (C=O) groups is 1. The summed E-state index contributed by atoms with van der Waals surface area (Å²) in [6, 6.07) is -0.469. The average Bonchev–Trinajstić information content (AvgIpc) is 2.03. The van der Waals surface area contributed by atoms with E-state index in [1.165, 1.54) is 0 Å². The van der Waals surface area contributed by atoms with Gasteiger partial charge in [0.25, 0.3) is 0 Å². The summed E-state index contributed by atoms with van der Waals surface area (Å²) in [6.07, 6.45) is 0.566. The van der Waals surface area contributed by atoms with Crippen molar-refractivity contribution in [3.63, 3.8) is 0 Å². The number of nitrogens with two attached hydrogens (primary N) is 1. The van der Waals surface area contributed by atoms with Crippen LogP contribution >= 0.6 is 0 Å². The van der Waals surface area contributed by atoms with Gasteiger partial charge in [-0.3, -0.25) is 4.79 Å². The fourth-order valence-electron chi connectivity index (χ4n) is 0.908. The van der Waals surface area contributed by atoms with Crippen molar-refractivity contribution in [1.82, 2.24) is 5.32 Å². The zero-order chi connectivity index (χ0) is 10.4. The Labute approximate surface area is 79.5 Å². The highest BCUT2D eigenvalue weighted by molar-refractivity contribution is 5.81. The van der Waals surface area contributed by atoms with Crippen LogP contribution < -0.4 is 11.1 Å². The van der Waals surface area contributed by atoms with Crippen LogP contribution in [-0.2, 0) is 4.79 Å². The molecule has 78 valence electrons. The average molecular weight is 188 g/mol. The van der Waals surface area contributed by atoms with Gasteiger partial charge in [-0.1, -0.05) is 13.8 Å². The van der Waals surface area contributed by atoms with Crippen molar-refractivity contribution < 1.29 is 9.90 Å². The summed E-state index contributed by atoms with van der Waals surface area (Å²) in [5, 5.41) is 11.4. The zero-order valence-electron chi connectivity index (χ0n) is 8.58. The van der Waals surface area contributed by atoms with E-state index in [9.17, 15) is 4.79 Å². The second kappa shape index (κ2) is 5.94. The monoisotopic (exact) mass is 188 g/mol. The standard InChI is InChI=1S/C9H20N2O2/c1-6(2)8(10)9(13)11-7(3)4-5-12/h6-8,12H,4-5,10H2,1-3H3,(H,11,13)/t7?,8-/m1/s1. The maximum atomic E-state index is 11.4. The Morgan fingerprint density at radius 3 is 2.38 bits per heavy atom. The maximum Gasteiger partial charge on any atom is 0.237 e. The van der Waals surface area contributed by atoms with Gasteiger partial charge in [-0.15, -0.1) is 0 Å². The van der Waals surface area contributed by atoms with Gasteiger partial charge in [0.05, 0.1) is 6.04 Å². The molecule has 2 atom stereocenters. The number of rotatable bonds is 5. The van der Waals surface area contributed by atoms with E-state index in [1.807, 2.05) is 20.8 Å². The van der Waals surface area contributed by atoms with E-state index in [4.69, 9.17) is 10.8 Å². The van der Waals surface area contributed by atoms with Gasteiger partial charge < -0.3 is 16.2 Å². The minimum absolute atomic E-state index is 0.0118. The van der Waals surface area contributed by atoms with Crippen LogP contribution in [0.25, 0.3) is 0 Å². The number of hydrogen-bond donors (Lipinski definition) is 3. The Bertz CT molecular complexity index is 160. The van der Waals surface area contributed by atoms with Crippen molar-refractivity contribution in [3.05, 3.63) is 0 Å². The first kappa shape index (κ1) is 12.4. The Kier molecular flexibility index (Phi) is 5.66. The van der Waals surface area contributed by atoms with E-state index in [-0.39, 0.29) is 24.5 Å². The summed E-state index contributed by atoms with van der Waals surface area (Å²) >= 11 is 0. The van der Waals surface area contributed by atoms with Crippen LogP contribution in [-0.4, -0.2) is 29.7 Å². The molecule has 4 heteroatoms. The third-order valence-corrected chi connectivity index (χ3v) is 1.97. The zero-order valence-corrected chi connectivity index (χ0v) is 8.58. The molecule has 0 saturated heterocycles. The van der Waals surface area contributed by atoms with Gasteiger partial charge >= 0.3 is 0 Å². The van der Waals surface area contributed by atoms with Crippen molar-refractivity contribution >= 4 is 5.91 Å². The molecule has 0 fully saturated rings. The third kappa shape index (κ3) is 4.85. The van der Waals surface area contributed by atoms with Crippen molar-refractivity contribution in [2.24, 2.45) is 11.7 Å². The molecule has 0 bridgehead atoms. The van der Waals surface area contributed by atoms with Gasteiger partial charge in [-0.05, 0) is 19.3 Å². The Morgan fingerprint density at radius 1 is 1.46 bits per heavy atom. The Balaban J connectivity index is 3.85. The van der Waals surface area contributed by atoms with Crippen LogP contribution in [0.2, 0.25) is 0 Å². The Morgan fingerprint density at radius 2 is 2.00 bits per heavy atom. The van der Waals surface area contributed by atoms with Gasteiger partial charge in [0.2, 0.25) is 5.91 Å². The number of aliphatic hydroxyl groups excluding tert-OH is 1. The van der Waals surface area contributed by atoms with Gasteiger partial charge in [0.15, 0.2) is 0 Å². The van der Waals surface area contributed by atoms with Gasteiger partial charge in [-0.2, -0.15) is 0 Å². The third-order valence-electron chi connectivity index (χ3n) is 1.97. The molecule has 1 amide bonds. The largest absolute Gasteiger partial charge is 0.396 e. The van der Waals surface area contributed by atoms with Crippen molar-refractivity contribution in [3.8, 4) is 0 Å². The fourth-order valence-corrected chi connectivity index (χ4v) is 0.908. The lowest BCUT2D eigenvalue weighted by atomic mass is 10.0. The van der Waals surface area contributed by atoms with Crippen LogP contribution in [0.4, 0.5) is 0 Å². The first-order valence-electron chi connectivity index (χ1n) is 4.65. The lowest BCUT2D eigenvalue weighted by Gasteiger charge is -2.18. The predicted octanol–water partition coefficient (Wildman–Crippen LogP) is -0.143. The summed E-state index contributed by atoms with van der Waals surface area (Å²) in [5.74, 6) is -0.00252. The molecule has 0 aromatic rings. The van der Waals surface area contributed by atoms with Gasteiger partial charge in [0.1, 0.15) is 0 Å². The molecule has 13 heavy (non-hydrogen) atoms. The van der Waals surface area contributed by atoms with E-state index in [0.29, 0.717) is 6.42 Å². The quantitative estimate of drug-likeness (QED) is 0.562. The van der Waals surface area contributed by atoms with Crippen molar-refractivity contribution in [1.29, 1.82) is 0 Å². The molecule has 0 aliphatic heterocycles. The second-order valence-corrected chi connectivity index (χ2v) is 3.69. The number of hydrogen-bond acceptors (Lipinski definition) is 3. The molecule has 0 radical (unpaired) electrons. The van der Waals surface area contributed by atoms with Crippen LogP contribution in [0, 0.1) is 5.92 Å². The molecular formula is C9H20N2O2. The molecule has 0 saturated carbocycles.